The molecule has 0 aromatic heterocycles. The number of fused-ring (bicyclic) bond motifs is 2. The second-order valence-corrected chi connectivity index (χ2v) is 33.2. The van der Waals surface area contributed by atoms with E-state index in [2.05, 4.69) is 91.3 Å². The summed E-state index contributed by atoms with van der Waals surface area (Å²) in [7, 11) is 1.38. The topological polar surface area (TPSA) is 0 Å². The fourth-order valence-corrected chi connectivity index (χ4v) is 19.5. The Labute approximate surface area is 196 Å². The Morgan fingerprint density at radius 2 is 1.10 bits per heavy atom. The maximum absolute atomic E-state index is 2.68. The van der Waals surface area contributed by atoms with Crippen LogP contribution in [0.3, 0.4) is 0 Å². The van der Waals surface area contributed by atoms with E-state index in [0.29, 0.717) is 0 Å². The molecule has 2 aromatic rings. The summed E-state index contributed by atoms with van der Waals surface area (Å²) in [6, 6.07) is 18.0. The molecule has 2 aliphatic carbocycles. The monoisotopic (exact) mass is 524 g/mol. The van der Waals surface area contributed by atoms with Gasteiger partial charge < -0.3 is 0 Å². The van der Waals surface area contributed by atoms with Crippen molar-refractivity contribution in [3.8, 4) is 0 Å². The first kappa shape index (κ1) is 26.6. The summed E-state index contributed by atoms with van der Waals surface area (Å²) in [5.74, 6) is 0. The van der Waals surface area contributed by atoms with E-state index in [-0.39, 0.29) is 24.8 Å². The van der Waals surface area contributed by atoms with Crippen molar-refractivity contribution in [2.75, 3.05) is 0 Å². The van der Waals surface area contributed by atoms with Gasteiger partial charge in [-0.3, -0.25) is 0 Å². The van der Waals surface area contributed by atoms with Gasteiger partial charge in [-0.1, -0.05) is 39.5 Å². The Morgan fingerprint density at radius 1 is 0.724 bits per heavy atom. The zero-order valence-electron chi connectivity index (χ0n) is 18.2. The van der Waals surface area contributed by atoms with E-state index in [1.165, 1.54) is 44.2 Å². The molecule has 0 N–H and O–H groups in total. The summed E-state index contributed by atoms with van der Waals surface area (Å²) in [5.41, 5.74) is 6.11. The van der Waals surface area contributed by atoms with Gasteiger partial charge in [0, 0.05) is 0 Å². The first-order valence-electron chi connectivity index (χ1n) is 10.6. The van der Waals surface area contributed by atoms with Crippen LogP contribution in [-0.4, -0.2) is 7.37 Å². The van der Waals surface area contributed by atoms with Crippen LogP contribution in [0.4, 0.5) is 0 Å². The van der Waals surface area contributed by atoms with Crippen LogP contribution in [0, 0.1) is 0 Å². The van der Waals surface area contributed by atoms with Crippen LogP contribution in [0.1, 0.15) is 69.0 Å². The second kappa shape index (κ2) is 12.5. The van der Waals surface area contributed by atoms with E-state index in [0.717, 1.165) is 7.25 Å². The van der Waals surface area contributed by atoms with Gasteiger partial charge in [0.05, 0.1) is 0 Å². The van der Waals surface area contributed by atoms with E-state index < -0.39 is 19.4 Å². The molecule has 2 aliphatic rings. The molecule has 0 aliphatic heterocycles. The first-order chi connectivity index (χ1) is 13.1. The van der Waals surface area contributed by atoms with Crippen LogP contribution in [0.25, 0.3) is 12.2 Å². The number of benzene rings is 2. The summed E-state index contributed by atoms with van der Waals surface area (Å²) < 4.78 is 4.18. The van der Waals surface area contributed by atoms with Gasteiger partial charge >= 0.3 is 134 Å². The zero-order valence-corrected chi connectivity index (χ0v) is 24.3. The maximum atomic E-state index is 2.68. The molecule has 0 radical (unpaired) electrons. The predicted molar refractivity (Wildman–Crippen MR) is 137 cm³/mol. The number of hydrogen-bond donors (Lipinski definition) is 0. The molecule has 4 rings (SSSR count). The van der Waals surface area contributed by atoms with Crippen LogP contribution in [0.15, 0.2) is 60.7 Å². The van der Waals surface area contributed by atoms with Gasteiger partial charge in [-0.15, -0.1) is 24.8 Å². The average molecular weight is 527 g/mol. The molecular weight excluding hydrogens is 490 g/mol. The normalized spacial score (nSPS) is 19.8. The molecule has 0 nitrogen and oxygen atoms in total. The van der Waals surface area contributed by atoms with Crippen molar-refractivity contribution < 1.29 is 19.4 Å². The van der Waals surface area contributed by atoms with Crippen molar-refractivity contribution in [2.24, 2.45) is 0 Å². The molecule has 0 fully saturated rings. The van der Waals surface area contributed by atoms with Crippen LogP contribution < -0.4 is 0 Å². The Hall–Kier alpha value is -0.400. The molecule has 2 unspecified atom stereocenters. The molecule has 4 heteroatoms. The number of halogens is 2. The van der Waals surface area contributed by atoms with Crippen LogP contribution in [0.5, 0.6) is 0 Å². The van der Waals surface area contributed by atoms with Crippen molar-refractivity contribution >= 4 is 44.3 Å². The zero-order chi connectivity index (χ0) is 19.3. The van der Waals surface area contributed by atoms with Crippen LogP contribution in [-0.2, 0) is 19.4 Å². The van der Waals surface area contributed by atoms with Crippen LogP contribution in [0.2, 0.25) is 4.63 Å². The first-order valence-corrected chi connectivity index (χ1v) is 24.3. The van der Waals surface area contributed by atoms with Crippen molar-refractivity contribution in [2.45, 2.75) is 51.4 Å². The third-order valence-corrected chi connectivity index (χ3v) is 23.9. The van der Waals surface area contributed by atoms with E-state index in [1.807, 2.05) is 0 Å². The molecule has 0 amide bonds. The Morgan fingerprint density at radius 3 is 1.48 bits per heavy atom. The Bertz CT molecular complexity index is 762. The quantitative estimate of drug-likeness (QED) is 0.281. The molecule has 0 saturated heterocycles. The SMILES string of the molecule is CCCCCC.Cl.Cl.[CH3][Zr]([SiH3])([CH]1C=Cc2ccccc21)[CH]1C=Cc2ccccc21. The summed E-state index contributed by atoms with van der Waals surface area (Å²) in [4.78, 5) is 0. The molecule has 0 spiro atoms. The van der Waals surface area contributed by atoms with E-state index >= 15 is 0 Å². The molecule has 0 heterocycles. The molecule has 2 atom stereocenters. The Kier molecular flexibility index (Phi) is 11.4. The molecule has 29 heavy (non-hydrogen) atoms. The predicted octanol–water partition coefficient (Wildman–Crippen LogP) is 7.44. The van der Waals surface area contributed by atoms with Gasteiger partial charge in [-0.25, -0.2) is 0 Å². The van der Waals surface area contributed by atoms with Gasteiger partial charge in [-0.05, 0) is 0 Å². The van der Waals surface area contributed by atoms with Crippen molar-refractivity contribution in [1.29, 1.82) is 0 Å². The van der Waals surface area contributed by atoms with E-state index in [4.69, 9.17) is 0 Å². The number of hydrogen-bond acceptors (Lipinski definition) is 0. The minimum atomic E-state index is -2.24. The fourth-order valence-electron chi connectivity index (χ4n) is 4.49. The second-order valence-electron chi connectivity index (χ2n) is 8.46. The third-order valence-electron chi connectivity index (χ3n) is 6.16. The fraction of sp³-hybridized carbons (Fsp3) is 0.360. The molecule has 0 saturated carbocycles. The third kappa shape index (κ3) is 6.07. The Balaban J connectivity index is 0.000000467. The number of rotatable bonds is 5. The van der Waals surface area contributed by atoms with Gasteiger partial charge in [0.2, 0.25) is 0 Å². The van der Waals surface area contributed by atoms with Gasteiger partial charge in [-0.2, -0.15) is 0 Å². The standard InChI is InChI=1S/2C9H7.C6H14.CH3.2ClH.H3Si.Zr/c2*1-2-5-9-7-3-6-8(9)4-1;1-3-5-6-4-2;;;;;/h2*1-7H;3-6H2,1-2H3;1H3;2*1H;1H3;. The van der Waals surface area contributed by atoms with Crippen molar-refractivity contribution in [3.05, 3.63) is 82.9 Å². The van der Waals surface area contributed by atoms with Crippen molar-refractivity contribution in [3.63, 3.8) is 0 Å². The van der Waals surface area contributed by atoms with Crippen LogP contribution >= 0.6 is 24.8 Å². The van der Waals surface area contributed by atoms with E-state index in [1.54, 1.807) is 11.1 Å². The molecular formula is C25H36Cl2SiZr. The molecule has 158 valence electrons. The van der Waals surface area contributed by atoms with Gasteiger partial charge in [0.15, 0.2) is 0 Å². The summed E-state index contributed by atoms with van der Waals surface area (Å²) in [6.07, 6.45) is 15.3. The van der Waals surface area contributed by atoms with Gasteiger partial charge in [0.25, 0.3) is 0 Å². The van der Waals surface area contributed by atoms with Gasteiger partial charge in [0.1, 0.15) is 0 Å². The number of unbranched alkanes of at least 4 members (excludes halogenated alkanes) is 3. The summed E-state index contributed by atoms with van der Waals surface area (Å²) >= 11 is -2.24. The minimum absolute atomic E-state index is 0. The molecule has 0 bridgehead atoms. The average Bonchev–Trinajstić information content (AvgIpc) is 3.31. The summed E-state index contributed by atoms with van der Waals surface area (Å²) in [5, 5.41) is 0. The van der Waals surface area contributed by atoms with E-state index in [9.17, 15) is 0 Å². The number of allylic oxidation sites excluding steroid dienone is 2. The molecule has 2 aromatic carbocycles. The summed E-state index contributed by atoms with van der Waals surface area (Å²) in [6.45, 7) is 4.46. The van der Waals surface area contributed by atoms with Crippen molar-refractivity contribution in [1.82, 2.24) is 0 Å².